The lowest BCUT2D eigenvalue weighted by Crippen LogP contribution is -2.16. The molecule has 1 aromatic carbocycles. The van der Waals surface area contributed by atoms with E-state index in [0.29, 0.717) is 24.8 Å². The summed E-state index contributed by atoms with van der Waals surface area (Å²) in [5.74, 6) is 1.48. The maximum Gasteiger partial charge on any atom is 0.227 e. The molecule has 0 saturated heterocycles. The number of carbonyl (C=O) groups is 1. The van der Waals surface area contributed by atoms with E-state index in [9.17, 15) is 4.79 Å². The van der Waals surface area contributed by atoms with E-state index in [2.05, 4.69) is 29.5 Å². The normalized spacial score (nSPS) is 11.6. The van der Waals surface area contributed by atoms with Crippen LogP contribution in [-0.4, -0.2) is 23.5 Å². The largest absolute Gasteiger partial charge is 0.493 e. The molecule has 0 fully saturated rings. The summed E-state index contributed by atoms with van der Waals surface area (Å²) >= 11 is 0. The average molecular weight is 313 g/mol. The first-order valence-electron chi connectivity index (χ1n) is 7.87. The van der Waals surface area contributed by atoms with E-state index in [1.807, 2.05) is 42.5 Å². The minimum absolute atomic E-state index is 0.0923. The molecule has 5 heteroatoms. The monoisotopic (exact) mass is 313 g/mol. The van der Waals surface area contributed by atoms with Crippen molar-refractivity contribution in [3.63, 3.8) is 0 Å². The van der Waals surface area contributed by atoms with Gasteiger partial charge in [0.25, 0.3) is 0 Å². The third-order valence-electron chi connectivity index (χ3n) is 3.39. The van der Waals surface area contributed by atoms with Crippen molar-refractivity contribution >= 4 is 17.4 Å². The highest BCUT2D eigenvalue weighted by Gasteiger charge is 2.04. The Bertz CT molecular complexity index is 599. The Hall–Kier alpha value is -2.56. The van der Waals surface area contributed by atoms with E-state index < -0.39 is 0 Å². The fraction of sp³-hybridized carbons (Fsp3) is 0.333. The van der Waals surface area contributed by atoms with Crippen LogP contribution in [-0.2, 0) is 4.79 Å². The molecule has 1 heterocycles. The predicted molar refractivity (Wildman–Crippen MR) is 92.8 cm³/mol. The Labute approximate surface area is 137 Å². The second-order valence-corrected chi connectivity index (χ2v) is 5.35. The number of hydrogen-bond acceptors (Lipinski definition) is 4. The summed E-state index contributed by atoms with van der Waals surface area (Å²) in [5.41, 5.74) is 0.685. The molecule has 1 amide bonds. The minimum Gasteiger partial charge on any atom is -0.493 e. The highest BCUT2D eigenvalue weighted by Crippen LogP contribution is 2.12. The maximum atomic E-state index is 11.9. The number of para-hydroxylation sites is 1. The number of pyridine rings is 1. The van der Waals surface area contributed by atoms with E-state index in [1.165, 1.54) is 0 Å². The molecule has 0 aliphatic heterocycles. The van der Waals surface area contributed by atoms with Gasteiger partial charge in [0.05, 0.1) is 24.9 Å². The number of anilines is 2. The second-order valence-electron chi connectivity index (χ2n) is 5.35. The summed E-state index contributed by atoms with van der Waals surface area (Å²) in [6.07, 6.45) is 2.98. The molecule has 2 N–H and O–H groups in total. The Morgan fingerprint density at radius 2 is 2.00 bits per heavy atom. The first kappa shape index (κ1) is 16.8. The smallest absolute Gasteiger partial charge is 0.227 e. The number of carbonyl (C=O) groups excluding carboxylic acids is 1. The summed E-state index contributed by atoms with van der Waals surface area (Å²) in [4.78, 5) is 16.2. The Morgan fingerprint density at radius 3 is 2.65 bits per heavy atom. The molecular formula is C18H23N3O2. The number of nitrogens with one attached hydrogen (secondary N) is 2. The van der Waals surface area contributed by atoms with Gasteiger partial charge in [-0.2, -0.15) is 0 Å². The molecule has 5 nitrogen and oxygen atoms in total. The van der Waals surface area contributed by atoms with Crippen molar-refractivity contribution in [1.29, 1.82) is 0 Å². The zero-order valence-corrected chi connectivity index (χ0v) is 13.6. The molecule has 122 valence electrons. The van der Waals surface area contributed by atoms with Crippen LogP contribution >= 0.6 is 0 Å². The Morgan fingerprint density at radius 1 is 1.22 bits per heavy atom. The van der Waals surface area contributed by atoms with Crippen molar-refractivity contribution in [2.75, 3.05) is 17.2 Å². The Kier molecular flexibility index (Phi) is 6.41. The van der Waals surface area contributed by atoms with Crippen molar-refractivity contribution in [3.8, 4) is 5.75 Å². The second kappa shape index (κ2) is 8.78. The van der Waals surface area contributed by atoms with Crippen LogP contribution < -0.4 is 15.4 Å². The van der Waals surface area contributed by atoms with Crippen molar-refractivity contribution in [1.82, 2.24) is 4.98 Å². The van der Waals surface area contributed by atoms with Gasteiger partial charge in [-0.25, -0.2) is 4.98 Å². The molecule has 23 heavy (non-hydrogen) atoms. The van der Waals surface area contributed by atoms with Gasteiger partial charge < -0.3 is 15.4 Å². The van der Waals surface area contributed by atoms with Crippen molar-refractivity contribution in [2.24, 2.45) is 0 Å². The fourth-order valence-corrected chi connectivity index (χ4v) is 1.91. The van der Waals surface area contributed by atoms with Gasteiger partial charge in [0, 0.05) is 6.04 Å². The lowest BCUT2D eigenvalue weighted by Gasteiger charge is -2.12. The van der Waals surface area contributed by atoms with Crippen LogP contribution in [0.2, 0.25) is 0 Å². The third-order valence-corrected chi connectivity index (χ3v) is 3.39. The van der Waals surface area contributed by atoms with Crippen LogP contribution in [0.5, 0.6) is 5.75 Å². The number of benzene rings is 1. The van der Waals surface area contributed by atoms with Crippen molar-refractivity contribution in [2.45, 2.75) is 32.7 Å². The zero-order valence-electron chi connectivity index (χ0n) is 13.6. The predicted octanol–water partition coefficient (Wildman–Crippen LogP) is 3.70. The molecular weight excluding hydrogens is 290 g/mol. The minimum atomic E-state index is -0.0923. The number of nitrogens with zero attached hydrogens (tertiary/aromatic N) is 1. The van der Waals surface area contributed by atoms with Gasteiger partial charge in [-0.15, -0.1) is 0 Å². The Balaban J connectivity index is 1.74. The molecule has 0 saturated carbocycles. The van der Waals surface area contributed by atoms with Gasteiger partial charge in [-0.3, -0.25) is 4.79 Å². The van der Waals surface area contributed by atoms with Crippen LogP contribution in [0.15, 0.2) is 48.7 Å². The summed E-state index contributed by atoms with van der Waals surface area (Å²) in [6, 6.07) is 13.5. The van der Waals surface area contributed by atoms with Gasteiger partial charge in [0.15, 0.2) is 0 Å². The highest BCUT2D eigenvalue weighted by molar-refractivity contribution is 5.90. The van der Waals surface area contributed by atoms with Crippen LogP contribution in [0.4, 0.5) is 11.5 Å². The van der Waals surface area contributed by atoms with Gasteiger partial charge in [0.2, 0.25) is 5.91 Å². The van der Waals surface area contributed by atoms with E-state index in [1.54, 1.807) is 6.20 Å². The van der Waals surface area contributed by atoms with Crippen LogP contribution in [0.25, 0.3) is 0 Å². The van der Waals surface area contributed by atoms with Crippen LogP contribution in [0.3, 0.4) is 0 Å². The highest BCUT2D eigenvalue weighted by atomic mass is 16.5. The molecule has 0 bridgehead atoms. The summed E-state index contributed by atoms with van der Waals surface area (Å²) in [7, 11) is 0. The molecule has 0 aliphatic rings. The summed E-state index contributed by atoms with van der Waals surface area (Å²) < 4.78 is 5.50. The standard InChI is InChI=1S/C18H23N3O2/c1-3-14(2)20-17-10-9-15(13-19-17)21-18(22)11-12-23-16-7-5-4-6-8-16/h4-10,13-14H,3,11-12H2,1-2H3,(H,19,20)(H,21,22). The number of ether oxygens (including phenoxy) is 1. The van der Waals surface area contributed by atoms with E-state index >= 15 is 0 Å². The first-order valence-corrected chi connectivity index (χ1v) is 7.87. The molecule has 2 aromatic rings. The maximum absolute atomic E-state index is 11.9. The molecule has 2 rings (SSSR count). The number of aromatic nitrogens is 1. The fourth-order valence-electron chi connectivity index (χ4n) is 1.91. The lowest BCUT2D eigenvalue weighted by atomic mass is 10.2. The van der Waals surface area contributed by atoms with E-state index in [0.717, 1.165) is 18.0 Å². The SMILES string of the molecule is CCC(C)Nc1ccc(NC(=O)CCOc2ccccc2)cn1. The topological polar surface area (TPSA) is 63.2 Å². The molecule has 1 unspecified atom stereocenters. The molecule has 0 aliphatic carbocycles. The quantitative estimate of drug-likeness (QED) is 0.780. The molecule has 1 atom stereocenters. The summed E-state index contributed by atoms with van der Waals surface area (Å²) in [6.45, 7) is 4.56. The van der Waals surface area contributed by atoms with Gasteiger partial charge >= 0.3 is 0 Å². The van der Waals surface area contributed by atoms with Gasteiger partial charge in [0.1, 0.15) is 11.6 Å². The van der Waals surface area contributed by atoms with Crippen molar-refractivity contribution in [3.05, 3.63) is 48.7 Å². The lowest BCUT2D eigenvalue weighted by molar-refractivity contribution is -0.116. The first-order chi connectivity index (χ1) is 11.2. The third kappa shape index (κ3) is 5.98. The van der Waals surface area contributed by atoms with Gasteiger partial charge in [-0.05, 0) is 37.6 Å². The average Bonchev–Trinajstić information content (AvgIpc) is 2.57. The molecule has 1 aromatic heterocycles. The van der Waals surface area contributed by atoms with Gasteiger partial charge in [-0.1, -0.05) is 25.1 Å². The number of amides is 1. The van der Waals surface area contributed by atoms with Crippen molar-refractivity contribution < 1.29 is 9.53 Å². The molecule has 0 radical (unpaired) electrons. The number of hydrogen-bond donors (Lipinski definition) is 2. The van der Waals surface area contributed by atoms with Crippen LogP contribution in [0.1, 0.15) is 26.7 Å². The van der Waals surface area contributed by atoms with E-state index in [4.69, 9.17) is 4.74 Å². The van der Waals surface area contributed by atoms with E-state index in [-0.39, 0.29) is 5.91 Å². The zero-order chi connectivity index (χ0) is 16.5. The summed E-state index contributed by atoms with van der Waals surface area (Å²) in [5, 5.41) is 6.09. The number of rotatable bonds is 8. The van der Waals surface area contributed by atoms with Crippen LogP contribution in [0, 0.1) is 0 Å². The molecule has 0 spiro atoms.